The standard InChI is InChI=1S/C17H20N2O2S/c1-2-11-21-12-13-7-9-19(10-8-13)17(20)16-18-14-5-3-4-6-15(14)22-16/h2-6,13H,1,7-12H2. The molecular weight excluding hydrogens is 296 g/mol. The van der Waals surface area contributed by atoms with Crippen LogP contribution in [0.15, 0.2) is 36.9 Å². The van der Waals surface area contributed by atoms with Crippen LogP contribution < -0.4 is 0 Å². The molecule has 0 saturated carbocycles. The molecule has 22 heavy (non-hydrogen) atoms. The van der Waals surface area contributed by atoms with Gasteiger partial charge in [-0.1, -0.05) is 18.2 Å². The normalized spacial score (nSPS) is 16.1. The third kappa shape index (κ3) is 3.36. The summed E-state index contributed by atoms with van der Waals surface area (Å²) in [6.07, 6.45) is 3.76. The Morgan fingerprint density at radius 3 is 2.91 bits per heavy atom. The molecule has 2 heterocycles. The highest BCUT2D eigenvalue weighted by atomic mass is 32.1. The van der Waals surface area contributed by atoms with Crippen LogP contribution >= 0.6 is 11.3 Å². The van der Waals surface area contributed by atoms with E-state index in [1.54, 1.807) is 6.08 Å². The second kappa shape index (κ2) is 7.03. The molecule has 1 aliphatic heterocycles. The Bertz CT molecular complexity index is 626. The lowest BCUT2D eigenvalue weighted by Crippen LogP contribution is -2.39. The first kappa shape index (κ1) is 15.2. The van der Waals surface area contributed by atoms with E-state index in [-0.39, 0.29) is 5.91 Å². The summed E-state index contributed by atoms with van der Waals surface area (Å²) in [5.41, 5.74) is 0.906. The Morgan fingerprint density at radius 2 is 2.18 bits per heavy atom. The van der Waals surface area contributed by atoms with Gasteiger partial charge in [-0.2, -0.15) is 0 Å². The van der Waals surface area contributed by atoms with Crippen molar-refractivity contribution in [1.82, 2.24) is 9.88 Å². The van der Waals surface area contributed by atoms with Crippen LogP contribution in [0.4, 0.5) is 0 Å². The van der Waals surface area contributed by atoms with Gasteiger partial charge in [-0.3, -0.25) is 4.79 Å². The second-order valence-electron chi connectivity index (χ2n) is 5.55. The van der Waals surface area contributed by atoms with Crippen molar-refractivity contribution in [3.8, 4) is 0 Å². The van der Waals surface area contributed by atoms with Crippen LogP contribution in [0, 0.1) is 5.92 Å². The lowest BCUT2D eigenvalue weighted by Gasteiger charge is -2.31. The predicted molar refractivity (Wildman–Crippen MR) is 89.3 cm³/mol. The molecule has 2 aromatic rings. The molecule has 5 heteroatoms. The Morgan fingerprint density at radius 1 is 1.41 bits per heavy atom. The number of aromatic nitrogens is 1. The summed E-state index contributed by atoms with van der Waals surface area (Å²) in [5.74, 6) is 0.603. The summed E-state index contributed by atoms with van der Waals surface area (Å²) in [4.78, 5) is 18.9. The first-order valence-corrected chi connectivity index (χ1v) is 8.43. The van der Waals surface area contributed by atoms with Crippen molar-refractivity contribution >= 4 is 27.5 Å². The molecule has 1 aromatic carbocycles. The van der Waals surface area contributed by atoms with Crippen molar-refractivity contribution < 1.29 is 9.53 Å². The van der Waals surface area contributed by atoms with E-state index in [4.69, 9.17) is 4.74 Å². The molecule has 0 bridgehead atoms. The van der Waals surface area contributed by atoms with Crippen molar-refractivity contribution in [3.63, 3.8) is 0 Å². The van der Waals surface area contributed by atoms with Gasteiger partial charge in [0.15, 0.2) is 5.01 Å². The number of carbonyl (C=O) groups is 1. The average Bonchev–Trinajstić information content (AvgIpc) is 2.99. The van der Waals surface area contributed by atoms with Gasteiger partial charge in [0, 0.05) is 19.7 Å². The van der Waals surface area contributed by atoms with E-state index in [0.29, 0.717) is 17.5 Å². The topological polar surface area (TPSA) is 42.4 Å². The molecule has 0 unspecified atom stereocenters. The summed E-state index contributed by atoms with van der Waals surface area (Å²) < 4.78 is 6.58. The van der Waals surface area contributed by atoms with Gasteiger partial charge >= 0.3 is 0 Å². The van der Waals surface area contributed by atoms with Crippen LogP contribution in [0.3, 0.4) is 0 Å². The minimum Gasteiger partial charge on any atom is -0.377 e. The minimum absolute atomic E-state index is 0.0617. The van der Waals surface area contributed by atoms with E-state index < -0.39 is 0 Å². The molecule has 3 rings (SSSR count). The fourth-order valence-corrected chi connectivity index (χ4v) is 3.65. The lowest BCUT2D eigenvalue weighted by molar-refractivity contribution is 0.0575. The van der Waals surface area contributed by atoms with E-state index in [9.17, 15) is 4.79 Å². The molecule has 1 aliphatic rings. The molecule has 0 aliphatic carbocycles. The Labute approximate surface area is 134 Å². The molecule has 0 radical (unpaired) electrons. The van der Waals surface area contributed by atoms with Gasteiger partial charge in [-0.05, 0) is 30.9 Å². The van der Waals surface area contributed by atoms with Gasteiger partial charge in [0.25, 0.3) is 5.91 Å². The molecule has 1 amide bonds. The number of likely N-dealkylation sites (tertiary alicyclic amines) is 1. The third-order valence-electron chi connectivity index (χ3n) is 3.97. The summed E-state index contributed by atoms with van der Waals surface area (Å²) in [6.45, 7) is 6.58. The summed E-state index contributed by atoms with van der Waals surface area (Å²) >= 11 is 1.48. The lowest BCUT2D eigenvalue weighted by atomic mass is 9.98. The largest absolute Gasteiger partial charge is 0.377 e. The van der Waals surface area contributed by atoms with Gasteiger partial charge in [0.05, 0.1) is 16.8 Å². The zero-order chi connectivity index (χ0) is 15.4. The zero-order valence-corrected chi connectivity index (χ0v) is 13.3. The number of nitrogens with zero attached hydrogens (tertiary/aromatic N) is 2. The third-order valence-corrected chi connectivity index (χ3v) is 4.99. The first-order valence-electron chi connectivity index (χ1n) is 7.61. The number of carbonyl (C=O) groups excluding carboxylic acids is 1. The van der Waals surface area contributed by atoms with Crippen LogP contribution in [0.5, 0.6) is 0 Å². The maximum Gasteiger partial charge on any atom is 0.282 e. The Balaban J connectivity index is 1.58. The molecule has 1 saturated heterocycles. The fourth-order valence-electron chi connectivity index (χ4n) is 2.72. The minimum atomic E-state index is 0.0617. The highest BCUT2D eigenvalue weighted by Crippen LogP contribution is 2.25. The molecule has 0 N–H and O–H groups in total. The van der Waals surface area contributed by atoms with Crippen molar-refractivity contribution in [2.45, 2.75) is 12.8 Å². The number of hydrogen-bond acceptors (Lipinski definition) is 4. The number of ether oxygens (including phenoxy) is 1. The predicted octanol–water partition coefficient (Wildman–Crippen LogP) is 3.35. The zero-order valence-electron chi connectivity index (χ0n) is 12.5. The highest BCUT2D eigenvalue weighted by molar-refractivity contribution is 7.20. The SMILES string of the molecule is C=CCOCC1CCN(C(=O)c2nc3ccccc3s2)CC1. The number of rotatable bonds is 5. The Hall–Kier alpha value is -1.72. The van der Waals surface area contributed by atoms with Crippen LogP contribution in [-0.2, 0) is 4.74 Å². The van der Waals surface area contributed by atoms with E-state index in [1.165, 1.54) is 11.3 Å². The van der Waals surface area contributed by atoms with E-state index >= 15 is 0 Å². The molecule has 0 spiro atoms. The van der Waals surface area contributed by atoms with Gasteiger partial charge in [0.2, 0.25) is 0 Å². The molecule has 4 nitrogen and oxygen atoms in total. The van der Waals surface area contributed by atoms with Gasteiger partial charge < -0.3 is 9.64 Å². The number of para-hydroxylation sites is 1. The molecule has 116 valence electrons. The van der Waals surface area contributed by atoms with Crippen LogP contribution in [0.2, 0.25) is 0 Å². The number of fused-ring (bicyclic) bond motifs is 1. The highest BCUT2D eigenvalue weighted by Gasteiger charge is 2.25. The number of hydrogen-bond donors (Lipinski definition) is 0. The van der Waals surface area contributed by atoms with E-state index in [0.717, 1.165) is 42.8 Å². The monoisotopic (exact) mass is 316 g/mol. The maximum atomic E-state index is 12.6. The number of benzene rings is 1. The molecular formula is C17H20N2O2S. The van der Waals surface area contributed by atoms with Gasteiger partial charge in [-0.25, -0.2) is 4.98 Å². The summed E-state index contributed by atoms with van der Waals surface area (Å²) in [5, 5.41) is 0.600. The van der Waals surface area contributed by atoms with Gasteiger partial charge in [0.1, 0.15) is 0 Å². The number of piperidine rings is 1. The number of amides is 1. The molecule has 0 atom stereocenters. The van der Waals surface area contributed by atoms with E-state index in [2.05, 4.69) is 11.6 Å². The van der Waals surface area contributed by atoms with E-state index in [1.807, 2.05) is 29.2 Å². The van der Waals surface area contributed by atoms with Crippen molar-refractivity contribution in [2.75, 3.05) is 26.3 Å². The van der Waals surface area contributed by atoms with Crippen LogP contribution in [0.1, 0.15) is 22.6 Å². The summed E-state index contributed by atoms with van der Waals surface area (Å²) in [6, 6.07) is 7.88. The first-order chi connectivity index (χ1) is 10.8. The second-order valence-corrected chi connectivity index (χ2v) is 6.58. The van der Waals surface area contributed by atoms with Crippen molar-refractivity contribution in [2.24, 2.45) is 5.92 Å². The van der Waals surface area contributed by atoms with Crippen LogP contribution in [0.25, 0.3) is 10.2 Å². The molecule has 1 aromatic heterocycles. The van der Waals surface area contributed by atoms with Crippen molar-refractivity contribution in [3.05, 3.63) is 41.9 Å². The number of thiazole rings is 1. The van der Waals surface area contributed by atoms with Crippen molar-refractivity contribution in [1.29, 1.82) is 0 Å². The summed E-state index contributed by atoms with van der Waals surface area (Å²) in [7, 11) is 0. The van der Waals surface area contributed by atoms with Gasteiger partial charge in [-0.15, -0.1) is 17.9 Å². The quantitative estimate of drug-likeness (QED) is 0.627. The molecule has 1 fully saturated rings. The smallest absolute Gasteiger partial charge is 0.282 e. The van der Waals surface area contributed by atoms with Crippen LogP contribution in [-0.4, -0.2) is 42.1 Å². The fraction of sp³-hybridized carbons (Fsp3) is 0.412. The Kier molecular flexibility index (Phi) is 4.85. The maximum absolute atomic E-state index is 12.6. The average molecular weight is 316 g/mol.